The lowest BCUT2D eigenvalue weighted by Crippen LogP contribution is -2.12. The SMILES string of the molecule is Cc1scc(C(=O)Nc2cc(Cl)ccc2O)c1C. The lowest BCUT2D eigenvalue weighted by Gasteiger charge is -2.07. The molecule has 0 aliphatic rings. The number of hydrogen-bond acceptors (Lipinski definition) is 3. The maximum atomic E-state index is 12.1. The normalized spacial score (nSPS) is 10.4. The molecular formula is C13H12ClNO2S. The van der Waals surface area contributed by atoms with E-state index in [1.807, 2.05) is 19.2 Å². The number of phenols is 1. The molecule has 0 atom stereocenters. The van der Waals surface area contributed by atoms with Crippen LogP contribution in [-0.2, 0) is 0 Å². The van der Waals surface area contributed by atoms with Crippen molar-refractivity contribution in [2.75, 3.05) is 5.32 Å². The average molecular weight is 282 g/mol. The van der Waals surface area contributed by atoms with Gasteiger partial charge in [0.1, 0.15) is 5.75 Å². The van der Waals surface area contributed by atoms with Crippen LogP contribution in [0, 0.1) is 13.8 Å². The van der Waals surface area contributed by atoms with Crippen LogP contribution in [0.25, 0.3) is 0 Å². The van der Waals surface area contributed by atoms with Crippen molar-refractivity contribution in [3.05, 3.63) is 44.6 Å². The van der Waals surface area contributed by atoms with Gasteiger partial charge in [-0.15, -0.1) is 11.3 Å². The number of amides is 1. The van der Waals surface area contributed by atoms with E-state index in [9.17, 15) is 9.90 Å². The van der Waals surface area contributed by atoms with E-state index in [0.717, 1.165) is 10.4 Å². The van der Waals surface area contributed by atoms with Crippen molar-refractivity contribution in [2.45, 2.75) is 13.8 Å². The minimum Gasteiger partial charge on any atom is -0.506 e. The number of nitrogens with one attached hydrogen (secondary N) is 1. The Bertz CT molecular complexity index is 607. The third kappa shape index (κ3) is 2.49. The summed E-state index contributed by atoms with van der Waals surface area (Å²) >= 11 is 7.35. The topological polar surface area (TPSA) is 49.3 Å². The fourth-order valence-corrected chi connectivity index (χ4v) is 2.57. The zero-order chi connectivity index (χ0) is 13.3. The van der Waals surface area contributed by atoms with Gasteiger partial charge in [0, 0.05) is 15.3 Å². The van der Waals surface area contributed by atoms with Gasteiger partial charge in [-0.2, -0.15) is 0 Å². The van der Waals surface area contributed by atoms with Crippen LogP contribution in [0.2, 0.25) is 5.02 Å². The summed E-state index contributed by atoms with van der Waals surface area (Å²) in [6, 6.07) is 4.53. The number of phenolic OH excluding ortho intramolecular Hbond substituents is 1. The van der Waals surface area contributed by atoms with Crippen LogP contribution in [0.4, 0.5) is 5.69 Å². The van der Waals surface area contributed by atoms with Crippen LogP contribution in [0.5, 0.6) is 5.75 Å². The van der Waals surface area contributed by atoms with Gasteiger partial charge in [-0.1, -0.05) is 11.6 Å². The standard InChI is InChI=1S/C13H12ClNO2S/c1-7-8(2)18-6-10(7)13(17)15-11-5-9(14)3-4-12(11)16/h3-6,16H,1-2H3,(H,15,17). The summed E-state index contributed by atoms with van der Waals surface area (Å²) in [4.78, 5) is 13.2. The molecule has 5 heteroatoms. The highest BCUT2D eigenvalue weighted by molar-refractivity contribution is 7.10. The summed E-state index contributed by atoms with van der Waals surface area (Å²) in [5.74, 6) is -0.244. The van der Waals surface area contributed by atoms with Gasteiger partial charge >= 0.3 is 0 Å². The molecule has 0 fully saturated rings. The molecular weight excluding hydrogens is 270 g/mol. The highest BCUT2D eigenvalue weighted by atomic mass is 35.5. The molecule has 0 unspecified atom stereocenters. The summed E-state index contributed by atoms with van der Waals surface area (Å²) in [7, 11) is 0. The Hall–Kier alpha value is -1.52. The van der Waals surface area contributed by atoms with Gasteiger partial charge in [0.25, 0.3) is 5.91 Å². The predicted octanol–water partition coefficient (Wildman–Crippen LogP) is 3.98. The van der Waals surface area contributed by atoms with Crippen molar-refractivity contribution in [2.24, 2.45) is 0 Å². The fourth-order valence-electron chi connectivity index (χ4n) is 1.54. The van der Waals surface area contributed by atoms with E-state index in [0.29, 0.717) is 16.3 Å². The van der Waals surface area contributed by atoms with Gasteiger partial charge in [0.2, 0.25) is 0 Å². The number of aromatic hydroxyl groups is 1. The predicted molar refractivity (Wildman–Crippen MR) is 74.9 cm³/mol. The van der Waals surface area contributed by atoms with Crippen LogP contribution < -0.4 is 5.32 Å². The summed E-state index contributed by atoms with van der Waals surface area (Å²) in [5, 5.41) is 14.6. The maximum absolute atomic E-state index is 12.1. The first-order valence-electron chi connectivity index (χ1n) is 5.33. The van der Waals surface area contributed by atoms with E-state index < -0.39 is 0 Å². The minimum atomic E-state index is -0.241. The van der Waals surface area contributed by atoms with E-state index in [1.165, 1.54) is 23.5 Å². The minimum absolute atomic E-state index is 0.00245. The molecule has 0 aliphatic heterocycles. The first-order chi connectivity index (χ1) is 8.49. The van der Waals surface area contributed by atoms with Gasteiger partial charge in [0.15, 0.2) is 0 Å². The number of hydrogen-bond donors (Lipinski definition) is 2. The number of anilines is 1. The molecule has 2 N–H and O–H groups in total. The molecule has 0 aliphatic carbocycles. The van der Waals surface area contributed by atoms with Crippen molar-refractivity contribution in [1.29, 1.82) is 0 Å². The van der Waals surface area contributed by atoms with Crippen LogP contribution in [0.3, 0.4) is 0 Å². The molecule has 0 spiro atoms. The van der Waals surface area contributed by atoms with Crippen molar-refractivity contribution >= 4 is 34.5 Å². The van der Waals surface area contributed by atoms with Crippen LogP contribution in [0.15, 0.2) is 23.6 Å². The van der Waals surface area contributed by atoms with Crippen molar-refractivity contribution in [3.8, 4) is 5.75 Å². The molecule has 0 radical (unpaired) electrons. The highest BCUT2D eigenvalue weighted by Crippen LogP contribution is 2.28. The Labute approximate surface area is 114 Å². The third-order valence-electron chi connectivity index (χ3n) is 2.74. The zero-order valence-electron chi connectivity index (χ0n) is 9.95. The Morgan fingerprint density at radius 1 is 1.39 bits per heavy atom. The molecule has 3 nitrogen and oxygen atoms in total. The molecule has 1 aromatic heterocycles. The smallest absolute Gasteiger partial charge is 0.256 e. The Morgan fingerprint density at radius 3 is 2.72 bits per heavy atom. The number of benzene rings is 1. The van der Waals surface area contributed by atoms with E-state index in [2.05, 4.69) is 5.32 Å². The molecule has 18 heavy (non-hydrogen) atoms. The first kappa shape index (κ1) is 12.9. The Morgan fingerprint density at radius 2 is 2.11 bits per heavy atom. The van der Waals surface area contributed by atoms with E-state index in [-0.39, 0.29) is 11.7 Å². The highest BCUT2D eigenvalue weighted by Gasteiger charge is 2.14. The number of rotatable bonds is 2. The molecule has 2 aromatic rings. The van der Waals surface area contributed by atoms with Crippen LogP contribution in [0.1, 0.15) is 20.8 Å². The average Bonchev–Trinajstić information content (AvgIpc) is 2.65. The Kier molecular flexibility index (Phi) is 3.59. The Balaban J connectivity index is 2.27. The lowest BCUT2D eigenvalue weighted by atomic mass is 10.1. The zero-order valence-corrected chi connectivity index (χ0v) is 11.5. The van der Waals surface area contributed by atoms with Crippen molar-refractivity contribution < 1.29 is 9.90 Å². The third-order valence-corrected chi connectivity index (χ3v) is 3.99. The van der Waals surface area contributed by atoms with Crippen molar-refractivity contribution in [3.63, 3.8) is 0 Å². The van der Waals surface area contributed by atoms with Gasteiger partial charge < -0.3 is 10.4 Å². The number of aryl methyl sites for hydroxylation is 1. The summed E-state index contributed by atoms with van der Waals surface area (Å²) in [6.07, 6.45) is 0. The molecule has 0 saturated carbocycles. The van der Waals surface area contributed by atoms with E-state index in [1.54, 1.807) is 6.07 Å². The van der Waals surface area contributed by atoms with Crippen LogP contribution >= 0.6 is 22.9 Å². The number of carbonyl (C=O) groups excluding carboxylic acids is 1. The monoisotopic (exact) mass is 281 g/mol. The van der Waals surface area contributed by atoms with E-state index in [4.69, 9.17) is 11.6 Å². The largest absolute Gasteiger partial charge is 0.506 e. The van der Waals surface area contributed by atoms with Gasteiger partial charge in [-0.25, -0.2) is 0 Å². The van der Waals surface area contributed by atoms with Gasteiger partial charge in [0.05, 0.1) is 11.3 Å². The summed E-state index contributed by atoms with van der Waals surface area (Å²) in [6.45, 7) is 3.87. The van der Waals surface area contributed by atoms with Crippen molar-refractivity contribution in [1.82, 2.24) is 0 Å². The second-order valence-corrected chi connectivity index (χ2v) is 5.47. The lowest BCUT2D eigenvalue weighted by molar-refractivity contribution is 0.102. The van der Waals surface area contributed by atoms with Gasteiger partial charge in [-0.3, -0.25) is 4.79 Å². The number of carbonyl (C=O) groups is 1. The molecule has 1 heterocycles. The molecule has 0 bridgehead atoms. The second-order valence-electron chi connectivity index (χ2n) is 3.95. The maximum Gasteiger partial charge on any atom is 0.256 e. The fraction of sp³-hybridized carbons (Fsp3) is 0.154. The molecule has 1 aromatic carbocycles. The van der Waals surface area contributed by atoms with E-state index >= 15 is 0 Å². The van der Waals surface area contributed by atoms with Crippen LogP contribution in [-0.4, -0.2) is 11.0 Å². The second kappa shape index (κ2) is 5.00. The molecule has 0 saturated heterocycles. The summed E-state index contributed by atoms with van der Waals surface area (Å²) in [5.41, 5.74) is 1.90. The summed E-state index contributed by atoms with van der Waals surface area (Å²) < 4.78 is 0. The quantitative estimate of drug-likeness (QED) is 0.818. The first-order valence-corrected chi connectivity index (χ1v) is 6.59. The van der Waals surface area contributed by atoms with Gasteiger partial charge in [-0.05, 0) is 37.6 Å². The molecule has 94 valence electrons. The number of thiophene rings is 1. The molecule has 2 rings (SSSR count). The molecule has 1 amide bonds. The number of halogens is 1.